The highest BCUT2D eigenvalue weighted by Crippen LogP contribution is 2.38. The van der Waals surface area contributed by atoms with Gasteiger partial charge in [-0.05, 0) is 29.8 Å². The van der Waals surface area contributed by atoms with Crippen LogP contribution in [-0.4, -0.2) is 13.0 Å². The molecule has 0 aromatic heterocycles. The van der Waals surface area contributed by atoms with E-state index in [4.69, 9.17) is 4.74 Å². The molecule has 23 heavy (non-hydrogen) atoms. The number of halogens is 3. The molecule has 0 aliphatic carbocycles. The van der Waals surface area contributed by atoms with E-state index in [2.05, 4.69) is 5.32 Å². The van der Waals surface area contributed by atoms with Crippen molar-refractivity contribution in [2.24, 2.45) is 0 Å². The number of carbonyl (C=O) groups is 1. The van der Waals surface area contributed by atoms with Gasteiger partial charge in [-0.3, -0.25) is 4.79 Å². The predicted molar refractivity (Wildman–Crippen MR) is 80.9 cm³/mol. The maximum atomic E-state index is 13.1. The Kier molecular flexibility index (Phi) is 3.60. The topological polar surface area (TPSA) is 38.3 Å². The minimum Gasteiger partial charge on any atom is -0.497 e. The quantitative estimate of drug-likeness (QED) is 0.842. The fourth-order valence-electron chi connectivity index (χ4n) is 2.48. The van der Waals surface area contributed by atoms with Crippen LogP contribution in [0, 0.1) is 0 Å². The summed E-state index contributed by atoms with van der Waals surface area (Å²) in [5.41, 5.74) is 0.438. The largest absolute Gasteiger partial charge is 0.497 e. The van der Waals surface area contributed by atoms with E-state index in [1.54, 1.807) is 18.2 Å². The second kappa shape index (κ2) is 5.46. The highest BCUT2D eigenvalue weighted by Gasteiger charge is 2.33. The van der Waals surface area contributed by atoms with Crippen molar-refractivity contribution in [3.8, 4) is 5.75 Å². The third-order valence-corrected chi connectivity index (χ3v) is 3.58. The molecule has 1 amide bonds. The lowest BCUT2D eigenvalue weighted by atomic mass is 10.0. The summed E-state index contributed by atoms with van der Waals surface area (Å²) in [6.45, 7) is 0. The standard InChI is InChI=1S/C17H12F3NO2/c1-23-11-6-7-12-13(16(22)21-15(12)9-11)8-10-4-2-3-5-14(10)17(18,19)20/h2-9H,1H3,(H,21,22). The highest BCUT2D eigenvalue weighted by atomic mass is 19.4. The molecule has 118 valence electrons. The van der Waals surface area contributed by atoms with E-state index in [0.717, 1.165) is 6.07 Å². The van der Waals surface area contributed by atoms with Crippen LogP contribution in [0.25, 0.3) is 11.6 Å². The summed E-state index contributed by atoms with van der Waals surface area (Å²) in [5, 5.41) is 2.63. The number of rotatable bonds is 2. The molecule has 3 rings (SSSR count). The summed E-state index contributed by atoms with van der Waals surface area (Å²) in [5.74, 6) is 0.117. The van der Waals surface area contributed by atoms with Crippen molar-refractivity contribution in [2.45, 2.75) is 6.18 Å². The average molecular weight is 319 g/mol. The number of ether oxygens (including phenoxy) is 1. The van der Waals surface area contributed by atoms with Crippen LogP contribution in [0.5, 0.6) is 5.75 Å². The molecule has 1 N–H and O–H groups in total. The molecular weight excluding hydrogens is 307 g/mol. The number of nitrogens with one attached hydrogen (secondary N) is 1. The molecule has 3 nitrogen and oxygen atoms in total. The monoisotopic (exact) mass is 319 g/mol. The molecule has 2 aromatic carbocycles. The first-order valence-electron chi connectivity index (χ1n) is 6.78. The summed E-state index contributed by atoms with van der Waals surface area (Å²) in [6, 6.07) is 10.1. The summed E-state index contributed by atoms with van der Waals surface area (Å²) >= 11 is 0. The molecule has 0 radical (unpaired) electrons. The third-order valence-electron chi connectivity index (χ3n) is 3.58. The molecule has 0 fully saturated rings. The fraction of sp³-hybridized carbons (Fsp3) is 0.118. The van der Waals surface area contributed by atoms with E-state index in [0.29, 0.717) is 17.0 Å². The smallest absolute Gasteiger partial charge is 0.416 e. The lowest BCUT2D eigenvalue weighted by Gasteiger charge is -2.10. The SMILES string of the molecule is COc1ccc2c(c1)NC(=O)C2=Cc1ccccc1C(F)(F)F. The van der Waals surface area contributed by atoms with Gasteiger partial charge in [-0.25, -0.2) is 0 Å². The number of benzene rings is 2. The zero-order valence-corrected chi connectivity index (χ0v) is 12.1. The van der Waals surface area contributed by atoms with Crippen molar-refractivity contribution in [3.05, 3.63) is 59.2 Å². The Balaban J connectivity index is 2.11. The minimum absolute atomic E-state index is 0.0474. The maximum absolute atomic E-state index is 13.1. The van der Waals surface area contributed by atoms with Gasteiger partial charge in [-0.1, -0.05) is 18.2 Å². The Labute approximate surface area is 130 Å². The molecule has 0 atom stereocenters. The van der Waals surface area contributed by atoms with Crippen molar-refractivity contribution >= 4 is 23.2 Å². The first-order valence-corrected chi connectivity index (χ1v) is 6.78. The van der Waals surface area contributed by atoms with Crippen LogP contribution in [0.15, 0.2) is 42.5 Å². The summed E-state index contributed by atoms with van der Waals surface area (Å²) in [4.78, 5) is 12.1. The van der Waals surface area contributed by atoms with Crippen LogP contribution in [0.2, 0.25) is 0 Å². The highest BCUT2D eigenvalue weighted by molar-refractivity contribution is 6.35. The number of amides is 1. The van der Waals surface area contributed by atoms with Gasteiger partial charge < -0.3 is 10.1 Å². The zero-order valence-electron chi connectivity index (χ0n) is 12.1. The second-order valence-electron chi connectivity index (χ2n) is 5.01. The van der Waals surface area contributed by atoms with E-state index >= 15 is 0 Å². The number of hydrogen-bond acceptors (Lipinski definition) is 2. The maximum Gasteiger partial charge on any atom is 0.416 e. The molecule has 0 spiro atoms. The van der Waals surface area contributed by atoms with E-state index in [1.807, 2.05) is 0 Å². The van der Waals surface area contributed by atoms with Gasteiger partial charge in [0.2, 0.25) is 0 Å². The summed E-state index contributed by atoms with van der Waals surface area (Å²) < 4.78 is 44.3. The van der Waals surface area contributed by atoms with E-state index in [1.165, 1.54) is 31.4 Å². The van der Waals surface area contributed by atoms with E-state index in [-0.39, 0.29) is 11.1 Å². The van der Waals surface area contributed by atoms with Crippen LogP contribution in [0.4, 0.5) is 18.9 Å². The van der Waals surface area contributed by atoms with Gasteiger partial charge in [-0.15, -0.1) is 0 Å². The molecule has 1 aliphatic heterocycles. The first-order chi connectivity index (χ1) is 10.9. The van der Waals surface area contributed by atoms with Gasteiger partial charge in [0.05, 0.1) is 18.4 Å². The Morgan fingerprint density at radius 2 is 1.87 bits per heavy atom. The molecule has 2 aromatic rings. The Hall–Kier alpha value is -2.76. The van der Waals surface area contributed by atoms with Crippen LogP contribution in [-0.2, 0) is 11.0 Å². The Bertz CT molecular complexity index is 810. The van der Waals surface area contributed by atoms with E-state index in [9.17, 15) is 18.0 Å². The van der Waals surface area contributed by atoms with Crippen LogP contribution in [0.1, 0.15) is 16.7 Å². The predicted octanol–water partition coefficient (Wildman–Crippen LogP) is 4.21. The van der Waals surface area contributed by atoms with Gasteiger partial charge in [0.25, 0.3) is 5.91 Å². The van der Waals surface area contributed by atoms with Crippen LogP contribution < -0.4 is 10.1 Å². The first kappa shape index (κ1) is 15.1. The van der Waals surface area contributed by atoms with Crippen molar-refractivity contribution in [2.75, 3.05) is 12.4 Å². The van der Waals surface area contributed by atoms with Gasteiger partial charge in [0, 0.05) is 17.2 Å². The molecule has 6 heteroatoms. The molecule has 1 aliphatic rings. The van der Waals surface area contributed by atoms with Gasteiger partial charge in [-0.2, -0.15) is 13.2 Å². The summed E-state index contributed by atoms with van der Waals surface area (Å²) in [7, 11) is 1.49. The molecular formula is C17H12F3NO2. The molecule has 0 bridgehead atoms. The van der Waals surface area contributed by atoms with Crippen molar-refractivity contribution in [3.63, 3.8) is 0 Å². The second-order valence-corrected chi connectivity index (χ2v) is 5.01. The minimum atomic E-state index is -4.48. The van der Waals surface area contributed by atoms with Crippen LogP contribution >= 0.6 is 0 Å². The van der Waals surface area contributed by atoms with Gasteiger partial charge >= 0.3 is 6.18 Å². The molecule has 0 saturated carbocycles. The zero-order chi connectivity index (χ0) is 16.6. The van der Waals surface area contributed by atoms with Crippen molar-refractivity contribution in [1.29, 1.82) is 0 Å². The summed E-state index contributed by atoms with van der Waals surface area (Å²) in [6.07, 6.45) is -3.22. The number of fused-ring (bicyclic) bond motifs is 1. The Morgan fingerprint density at radius 3 is 2.57 bits per heavy atom. The van der Waals surface area contributed by atoms with Crippen molar-refractivity contribution in [1.82, 2.24) is 0 Å². The lowest BCUT2D eigenvalue weighted by Crippen LogP contribution is -2.08. The molecule has 0 saturated heterocycles. The normalized spacial score (nSPS) is 15.5. The molecule has 0 unspecified atom stereocenters. The van der Waals surface area contributed by atoms with Gasteiger partial charge in [0.15, 0.2) is 0 Å². The van der Waals surface area contributed by atoms with Crippen molar-refractivity contribution < 1.29 is 22.7 Å². The van der Waals surface area contributed by atoms with E-state index < -0.39 is 17.6 Å². The Morgan fingerprint density at radius 1 is 1.13 bits per heavy atom. The number of carbonyl (C=O) groups excluding carboxylic acids is 1. The number of alkyl halides is 3. The fourth-order valence-corrected chi connectivity index (χ4v) is 2.48. The lowest BCUT2D eigenvalue weighted by molar-refractivity contribution is -0.137. The van der Waals surface area contributed by atoms with Crippen LogP contribution in [0.3, 0.4) is 0 Å². The number of anilines is 1. The van der Waals surface area contributed by atoms with Gasteiger partial charge in [0.1, 0.15) is 5.75 Å². The number of methoxy groups -OCH3 is 1. The number of hydrogen-bond donors (Lipinski definition) is 1. The molecule has 1 heterocycles. The third kappa shape index (κ3) is 2.79. The average Bonchev–Trinajstić information content (AvgIpc) is 2.82.